The molecule has 1 saturated heterocycles. The number of ether oxygens (including phenoxy) is 2. The molecule has 1 aromatic rings. The Bertz CT molecular complexity index is 506. The highest BCUT2D eigenvalue weighted by Gasteiger charge is 2.30. The van der Waals surface area contributed by atoms with Gasteiger partial charge in [0.1, 0.15) is 6.04 Å². The normalized spacial score (nSPS) is 19.1. The number of methoxy groups -OCH3 is 2. The van der Waals surface area contributed by atoms with Gasteiger partial charge in [-0.15, -0.1) is 0 Å². The van der Waals surface area contributed by atoms with E-state index < -0.39 is 5.97 Å². The molecule has 5 nitrogen and oxygen atoms in total. The lowest BCUT2D eigenvalue weighted by molar-refractivity contribution is -0.142. The highest BCUT2D eigenvalue weighted by atomic mass is 127. The maximum Gasteiger partial charge on any atom is 0.320 e. The SMILES string of the molecule is COc1cc(CN2CCCC2C(=O)O)cc(I)c1OC. The smallest absolute Gasteiger partial charge is 0.320 e. The number of halogens is 1. The van der Waals surface area contributed by atoms with Gasteiger partial charge in [-0.2, -0.15) is 0 Å². The summed E-state index contributed by atoms with van der Waals surface area (Å²) in [6, 6.07) is 3.55. The number of carboxylic acid groups (broad SMARTS) is 1. The summed E-state index contributed by atoms with van der Waals surface area (Å²) in [5.41, 5.74) is 1.04. The molecule has 0 bridgehead atoms. The molecular formula is C14H18INO4. The predicted octanol–water partition coefficient (Wildman–Crippen LogP) is 2.36. The molecule has 1 aliphatic heterocycles. The second kappa shape index (κ2) is 6.62. The number of hydrogen-bond acceptors (Lipinski definition) is 4. The van der Waals surface area contributed by atoms with Crippen molar-refractivity contribution in [2.45, 2.75) is 25.4 Å². The molecule has 1 unspecified atom stereocenters. The molecule has 0 aromatic heterocycles. The molecule has 6 heteroatoms. The van der Waals surface area contributed by atoms with E-state index in [0.29, 0.717) is 18.0 Å². The zero-order valence-corrected chi connectivity index (χ0v) is 13.7. The summed E-state index contributed by atoms with van der Waals surface area (Å²) in [5.74, 6) is 0.659. The first-order valence-electron chi connectivity index (χ1n) is 6.44. The molecular weight excluding hydrogens is 373 g/mol. The average molecular weight is 391 g/mol. The Balaban J connectivity index is 2.21. The summed E-state index contributed by atoms with van der Waals surface area (Å²) in [4.78, 5) is 13.2. The van der Waals surface area contributed by atoms with E-state index in [4.69, 9.17) is 9.47 Å². The van der Waals surface area contributed by atoms with E-state index >= 15 is 0 Å². The maximum absolute atomic E-state index is 11.2. The van der Waals surface area contributed by atoms with Gasteiger partial charge in [0.05, 0.1) is 17.8 Å². The van der Waals surface area contributed by atoms with Gasteiger partial charge >= 0.3 is 5.97 Å². The van der Waals surface area contributed by atoms with Gasteiger partial charge in [-0.25, -0.2) is 0 Å². The van der Waals surface area contributed by atoms with Crippen molar-refractivity contribution < 1.29 is 19.4 Å². The van der Waals surface area contributed by atoms with E-state index in [1.165, 1.54) is 0 Å². The molecule has 20 heavy (non-hydrogen) atoms. The lowest BCUT2D eigenvalue weighted by Crippen LogP contribution is -2.35. The van der Waals surface area contributed by atoms with Crippen LogP contribution in [0, 0.1) is 3.57 Å². The fourth-order valence-electron chi connectivity index (χ4n) is 2.59. The lowest BCUT2D eigenvalue weighted by atomic mass is 10.1. The Morgan fingerprint density at radius 2 is 2.20 bits per heavy atom. The minimum Gasteiger partial charge on any atom is -0.493 e. The Morgan fingerprint density at radius 3 is 2.80 bits per heavy atom. The third-order valence-electron chi connectivity index (χ3n) is 3.53. The van der Waals surface area contributed by atoms with E-state index in [0.717, 1.165) is 28.5 Å². The molecule has 110 valence electrons. The number of benzene rings is 1. The monoisotopic (exact) mass is 391 g/mol. The van der Waals surface area contributed by atoms with Crippen molar-refractivity contribution in [2.24, 2.45) is 0 Å². The van der Waals surface area contributed by atoms with Crippen LogP contribution >= 0.6 is 22.6 Å². The van der Waals surface area contributed by atoms with Crippen molar-refractivity contribution in [2.75, 3.05) is 20.8 Å². The van der Waals surface area contributed by atoms with Crippen LogP contribution in [0.15, 0.2) is 12.1 Å². The van der Waals surface area contributed by atoms with Crippen LogP contribution in [0.5, 0.6) is 11.5 Å². The number of aliphatic carboxylic acids is 1. The summed E-state index contributed by atoms with van der Waals surface area (Å²) < 4.78 is 11.6. The third-order valence-corrected chi connectivity index (χ3v) is 4.33. The quantitative estimate of drug-likeness (QED) is 0.782. The van der Waals surface area contributed by atoms with Gasteiger partial charge in [0, 0.05) is 6.54 Å². The highest BCUT2D eigenvalue weighted by molar-refractivity contribution is 14.1. The fraction of sp³-hybridized carbons (Fsp3) is 0.500. The van der Waals surface area contributed by atoms with Gasteiger partial charge in [0.15, 0.2) is 11.5 Å². The highest BCUT2D eigenvalue weighted by Crippen LogP contribution is 2.34. The second-order valence-electron chi connectivity index (χ2n) is 4.78. The molecule has 2 rings (SSSR count). The van der Waals surface area contributed by atoms with Crippen LogP contribution in [0.1, 0.15) is 18.4 Å². The van der Waals surface area contributed by atoms with E-state index in [-0.39, 0.29) is 6.04 Å². The largest absolute Gasteiger partial charge is 0.493 e. The lowest BCUT2D eigenvalue weighted by Gasteiger charge is -2.22. The van der Waals surface area contributed by atoms with E-state index in [1.807, 2.05) is 17.0 Å². The maximum atomic E-state index is 11.2. The van der Waals surface area contributed by atoms with Gasteiger partial charge in [0.2, 0.25) is 0 Å². The molecule has 0 radical (unpaired) electrons. The summed E-state index contributed by atoms with van der Waals surface area (Å²) in [5, 5.41) is 9.21. The Morgan fingerprint density at radius 1 is 1.45 bits per heavy atom. The van der Waals surface area contributed by atoms with Crippen LogP contribution in [-0.2, 0) is 11.3 Å². The van der Waals surface area contributed by atoms with Gasteiger partial charge in [-0.1, -0.05) is 0 Å². The molecule has 1 fully saturated rings. The van der Waals surface area contributed by atoms with Crippen LogP contribution in [0.4, 0.5) is 0 Å². The molecule has 1 heterocycles. The van der Waals surface area contributed by atoms with Crippen molar-refractivity contribution in [1.82, 2.24) is 4.90 Å². The summed E-state index contributed by atoms with van der Waals surface area (Å²) in [7, 11) is 3.22. The van der Waals surface area contributed by atoms with Gasteiger partial charge < -0.3 is 14.6 Å². The van der Waals surface area contributed by atoms with Crippen LogP contribution in [0.2, 0.25) is 0 Å². The number of hydrogen-bond donors (Lipinski definition) is 1. The van der Waals surface area contributed by atoms with Gasteiger partial charge in [-0.05, 0) is 59.7 Å². The van der Waals surface area contributed by atoms with E-state index in [9.17, 15) is 9.90 Å². The molecule has 1 aromatic carbocycles. The number of carboxylic acids is 1. The average Bonchev–Trinajstić information content (AvgIpc) is 2.86. The number of likely N-dealkylation sites (tertiary alicyclic amines) is 1. The minimum atomic E-state index is -0.738. The standard InChI is InChI=1S/C14H18INO4/c1-19-12-7-9(6-10(15)13(12)20-2)8-16-5-3-4-11(16)14(17)18/h6-7,11H,3-5,8H2,1-2H3,(H,17,18). The Kier molecular flexibility index (Phi) is 5.09. The van der Waals surface area contributed by atoms with Crippen molar-refractivity contribution in [1.29, 1.82) is 0 Å². The predicted molar refractivity (Wildman–Crippen MR) is 83.3 cm³/mol. The summed E-state index contributed by atoms with van der Waals surface area (Å²) in [6.45, 7) is 1.44. The molecule has 1 atom stereocenters. The van der Waals surface area contributed by atoms with Gasteiger partial charge in [0.25, 0.3) is 0 Å². The molecule has 1 aliphatic rings. The first kappa shape index (κ1) is 15.4. The minimum absolute atomic E-state index is 0.374. The Hall–Kier alpha value is -1.02. The second-order valence-corrected chi connectivity index (χ2v) is 5.94. The number of nitrogens with zero attached hydrogens (tertiary/aromatic N) is 1. The first-order valence-corrected chi connectivity index (χ1v) is 7.52. The molecule has 0 spiro atoms. The molecule has 0 amide bonds. The molecule has 0 aliphatic carbocycles. The van der Waals surface area contributed by atoms with Crippen LogP contribution in [-0.4, -0.2) is 42.8 Å². The van der Waals surface area contributed by atoms with Crippen LogP contribution in [0.3, 0.4) is 0 Å². The third kappa shape index (κ3) is 3.17. The Labute approximate surface area is 132 Å². The van der Waals surface area contributed by atoms with Crippen molar-refractivity contribution in [3.63, 3.8) is 0 Å². The molecule has 0 saturated carbocycles. The molecule has 1 N–H and O–H groups in total. The number of rotatable bonds is 5. The van der Waals surface area contributed by atoms with Crippen LogP contribution in [0.25, 0.3) is 0 Å². The topological polar surface area (TPSA) is 59.0 Å². The van der Waals surface area contributed by atoms with E-state index in [1.54, 1.807) is 14.2 Å². The fourth-order valence-corrected chi connectivity index (χ4v) is 3.48. The van der Waals surface area contributed by atoms with E-state index in [2.05, 4.69) is 22.6 Å². The van der Waals surface area contributed by atoms with Crippen molar-refractivity contribution in [3.05, 3.63) is 21.3 Å². The van der Waals surface area contributed by atoms with Crippen LogP contribution < -0.4 is 9.47 Å². The summed E-state index contributed by atoms with van der Waals surface area (Å²) >= 11 is 2.20. The zero-order valence-electron chi connectivity index (χ0n) is 11.6. The number of carbonyl (C=O) groups is 1. The summed E-state index contributed by atoms with van der Waals surface area (Å²) in [6.07, 6.45) is 1.65. The first-order chi connectivity index (χ1) is 9.56. The zero-order chi connectivity index (χ0) is 14.7. The van der Waals surface area contributed by atoms with Gasteiger partial charge in [-0.3, -0.25) is 9.69 Å². The van der Waals surface area contributed by atoms with Crippen molar-refractivity contribution >= 4 is 28.6 Å². The van der Waals surface area contributed by atoms with Crippen molar-refractivity contribution in [3.8, 4) is 11.5 Å².